The van der Waals surface area contributed by atoms with Crippen molar-refractivity contribution in [2.75, 3.05) is 0 Å². The van der Waals surface area contributed by atoms with Gasteiger partial charge in [0.25, 0.3) is 0 Å². The Labute approximate surface area is 71.9 Å². The summed E-state index contributed by atoms with van der Waals surface area (Å²) in [5.74, 6) is 2.95. The fourth-order valence-corrected chi connectivity index (χ4v) is 4.59. The first-order chi connectivity index (χ1) is 5.86. The lowest BCUT2D eigenvalue weighted by molar-refractivity contribution is -0.0571. The second-order valence-electron chi connectivity index (χ2n) is 5.00. The fraction of sp³-hybridized carbons (Fsp3) is 1.00. The van der Waals surface area contributed by atoms with Crippen LogP contribution in [0.5, 0.6) is 0 Å². The van der Waals surface area contributed by atoms with E-state index in [0.717, 1.165) is 24.2 Å². The van der Waals surface area contributed by atoms with Crippen molar-refractivity contribution in [1.29, 1.82) is 0 Å². The van der Waals surface area contributed by atoms with E-state index in [1.165, 1.54) is 12.8 Å². The zero-order chi connectivity index (χ0) is 7.87. The molecule has 3 unspecified atom stereocenters. The van der Waals surface area contributed by atoms with E-state index in [-0.39, 0.29) is 6.10 Å². The number of fused-ring (bicyclic) bond motifs is 1. The smallest absolute Gasteiger partial charge is 0.0667 e. The van der Waals surface area contributed by atoms with Crippen LogP contribution in [0.25, 0.3) is 0 Å². The Balaban J connectivity index is 1.85. The van der Waals surface area contributed by atoms with Crippen LogP contribution in [0, 0.1) is 23.7 Å². The first-order valence-electron chi connectivity index (χ1n) is 5.20. The van der Waals surface area contributed by atoms with Crippen LogP contribution in [-0.2, 0) is 4.74 Å². The van der Waals surface area contributed by atoms with Gasteiger partial charge in [-0.3, -0.25) is 0 Å². The molecule has 3 aliphatic carbocycles. The number of aliphatic hydroxyl groups excluding tert-OH is 1. The number of hydrogen-bond donors (Lipinski definition) is 1. The number of aliphatic hydroxyl groups is 1. The first kappa shape index (κ1) is 6.39. The predicted octanol–water partition coefficient (Wildman–Crippen LogP) is 0.791. The lowest BCUT2D eigenvalue weighted by atomic mass is 9.79. The van der Waals surface area contributed by atoms with E-state index in [2.05, 4.69) is 0 Å². The molecule has 0 amide bonds. The molecule has 1 heterocycles. The summed E-state index contributed by atoms with van der Waals surface area (Å²) in [7, 11) is 0. The summed E-state index contributed by atoms with van der Waals surface area (Å²) in [5, 5.41) is 9.78. The highest BCUT2D eigenvalue weighted by atomic mass is 16.5. The minimum absolute atomic E-state index is 0.0275. The molecule has 4 bridgehead atoms. The van der Waals surface area contributed by atoms with E-state index in [1.54, 1.807) is 0 Å². The van der Waals surface area contributed by atoms with Crippen molar-refractivity contribution in [3.8, 4) is 0 Å². The topological polar surface area (TPSA) is 29.5 Å². The van der Waals surface area contributed by atoms with Gasteiger partial charge in [0.05, 0.1) is 18.3 Å². The van der Waals surface area contributed by atoms with Gasteiger partial charge in [-0.1, -0.05) is 0 Å². The Morgan fingerprint density at radius 2 is 2.00 bits per heavy atom. The molecule has 1 N–H and O–H groups in total. The lowest BCUT2D eigenvalue weighted by Gasteiger charge is -2.32. The fourth-order valence-electron chi connectivity index (χ4n) is 4.59. The summed E-state index contributed by atoms with van der Waals surface area (Å²) in [6.45, 7) is 0. The maximum Gasteiger partial charge on any atom is 0.0667 e. The molecule has 2 heteroatoms. The molecule has 1 saturated heterocycles. The van der Waals surface area contributed by atoms with Crippen molar-refractivity contribution < 1.29 is 9.84 Å². The molecule has 0 aromatic rings. The number of hydrogen-bond acceptors (Lipinski definition) is 2. The van der Waals surface area contributed by atoms with Gasteiger partial charge in [0, 0.05) is 5.92 Å². The number of rotatable bonds is 0. The maximum absolute atomic E-state index is 9.78. The van der Waals surface area contributed by atoms with E-state index in [0.29, 0.717) is 18.1 Å². The normalized spacial score (nSPS) is 71.2. The summed E-state index contributed by atoms with van der Waals surface area (Å²) in [4.78, 5) is 0. The Morgan fingerprint density at radius 1 is 1.08 bits per heavy atom. The van der Waals surface area contributed by atoms with Crippen LogP contribution in [0.15, 0.2) is 0 Å². The molecule has 0 radical (unpaired) electrons. The van der Waals surface area contributed by atoms with E-state index in [9.17, 15) is 5.11 Å². The van der Waals surface area contributed by atoms with Crippen LogP contribution in [0.1, 0.15) is 19.3 Å². The monoisotopic (exact) mass is 166 g/mol. The summed E-state index contributed by atoms with van der Waals surface area (Å²) in [6.07, 6.45) is 4.65. The summed E-state index contributed by atoms with van der Waals surface area (Å²) in [5.41, 5.74) is 0. The van der Waals surface area contributed by atoms with Gasteiger partial charge in [-0.25, -0.2) is 0 Å². The molecule has 7 atom stereocenters. The van der Waals surface area contributed by atoms with Gasteiger partial charge >= 0.3 is 0 Å². The lowest BCUT2D eigenvalue weighted by Crippen LogP contribution is -2.36. The number of ether oxygens (including phenoxy) is 1. The predicted molar refractivity (Wildman–Crippen MR) is 42.5 cm³/mol. The summed E-state index contributed by atoms with van der Waals surface area (Å²) < 4.78 is 5.95. The molecule has 3 saturated carbocycles. The van der Waals surface area contributed by atoms with Gasteiger partial charge in [-0.05, 0) is 37.0 Å². The van der Waals surface area contributed by atoms with Crippen LogP contribution in [0.3, 0.4) is 0 Å². The van der Waals surface area contributed by atoms with Crippen molar-refractivity contribution in [3.63, 3.8) is 0 Å². The Kier molecular flexibility index (Phi) is 0.921. The molecule has 4 rings (SSSR count). The van der Waals surface area contributed by atoms with E-state index >= 15 is 0 Å². The van der Waals surface area contributed by atoms with Gasteiger partial charge in [0.1, 0.15) is 0 Å². The molecule has 4 aliphatic rings. The molecule has 2 nitrogen and oxygen atoms in total. The molecule has 0 aromatic carbocycles. The molecule has 66 valence electrons. The van der Waals surface area contributed by atoms with E-state index in [1.807, 2.05) is 0 Å². The minimum atomic E-state index is -0.0275. The summed E-state index contributed by atoms with van der Waals surface area (Å²) >= 11 is 0. The molecule has 0 aromatic heterocycles. The third-order valence-corrected chi connectivity index (χ3v) is 4.79. The van der Waals surface area contributed by atoms with Crippen molar-refractivity contribution in [2.24, 2.45) is 23.7 Å². The summed E-state index contributed by atoms with van der Waals surface area (Å²) in [6, 6.07) is 0. The molecular formula is C10H14O2. The third-order valence-electron chi connectivity index (χ3n) is 4.79. The van der Waals surface area contributed by atoms with Crippen molar-refractivity contribution >= 4 is 0 Å². The Hall–Kier alpha value is -0.0800. The van der Waals surface area contributed by atoms with Crippen LogP contribution in [0.2, 0.25) is 0 Å². The average molecular weight is 166 g/mol. The highest BCUT2D eigenvalue weighted by Gasteiger charge is 2.68. The Morgan fingerprint density at radius 3 is 2.83 bits per heavy atom. The molecule has 4 fully saturated rings. The molecular weight excluding hydrogens is 152 g/mol. The van der Waals surface area contributed by atoms with Crippen molar-refractivity contribution in [1.82, 2.24) is 0 Å². The zero-order valence-electron chi connectivity index (χ0n) is 7.02. The van der Waals surface area contributed by atoms with E-state index < -0.39 is 0 Å². The van der Waals surface area contributed by atoms with E-state index in [4.69, 9.17) is 4.74 Å². The van der Waals surface area contributed by atoms with Gasteiger partial charge in [-0.15, -0.1) is 0 Å². The third kappa shape index (κ3) is 0.471. The van der Waals surface area contributed by atoms with Gasteiger partial charge in [-0.2, -0.15) is 0 Å². The average Bonchev–Trinajstić information content (AvgIpc) is 2.65. The van der Waals surface area contributed by atoms with Gasteiger partial charge in [0.2, 0.25) is 0 Å². The van der Waals surface area contributed by atoms with Crippen LogP contribution in [0.4, 0.5) is 0 Å². The van der Waals surface area contributed by atoms with Crippen LogP contribution >= 0.6 is 0 Å². The quantitative estimate of drug-likeness (QED) is 0.576. The van der Waals surface area contributed by atoms with Gasteiger partial charge < -0.3 is 9.84 Å². The van der Waals surface area contributed by atoms with Gasteiger partial charge in [0.15, 0.2) is 0 Å². The maximum atomic E-state index is 9.78. The highest BCUT2D eigenvalue weighted by Crippen LogP contribution is 2.65. The van der Waals surface area contributed by atoms with Crippen molar-refractivity contribution in [3.05, 3.63) is 0 Å². The molecule has 12 heavy (non-hydrogen) atoms. The minimum Gasteiger partial charge on any atom is -0.393 e. The second-order valence-corrected chi connectivity index (χ2v) is 5.00. The standard InChI is InChI=1S/C10H14O2/c11-6-3-5-8-4-1-2-7(8)12-10(5)9(4)6/h4-11H,1-3H2/t4-,5-,6?,7?,8+,9+,10?/m1/s1. The Bertz CT molecular complexity index is 236. The SMILES string of the molecule is OC1C[C@H]2C3OC4CC[C@@H]([C@@H]13)[C@H]42. The van der Waals surface area contributed by atoms with Crippen molar-refractivity contribution in [2.45, 2.75) is 37.6 Å². The van der Waals surface area contributed by atoms with Crippen LogP contribution < -0.4 is 0 Å². The molecule has 1 aliphatic heterocycles. The zero-order valence-corrected chi connectivity index (χ0v) is 7.02. The first-order valence-corrected chi connectivity index (χ1v) is 5.20. The molecule has 0 spiro atoms. The van der Waals surface area contributed by atoms with Crippen LogP contribution in [-0.4, -0.2) is 23.4 Å². The second kappa shape index (κ2) is 1.73. The highest BCUT2D eigenvalue weighted by molar-refractivity contribution is 5.16. The largest absolute Gasteiger partial charge is 0.393 e.